The van der Waals surface area contributed by atoms with E-state index in [4.69, 9.17) is 9.78 Å². The van der Waals surface area contributed by atoms with Gasteiger partial charge in [0.1, 0.15) is 19.0 Å². The molecular formula is C17H20O3. The van der Waals surface area contributed by atoms with Crippen LogP contribution in [-0.4, -0.2) is 5.11 Å². The minimum Gasteiger partial charge on any atom is -0.507 e. The van der Waals surface area contributed by atoms with Crippen LogP contribution < -0.4 is 0 Å². The van der Waals surface area contributed by atoms with Crippen molar-refractivity contribution >= 4 is 0 Å². The molecule has 0 bridgehead atoms. The molecule has 0 atom stereocenters. The summed E-state index contributed by atoms with van der Waals surface area (Å²) in [4.78, 5) is 10.4. The lowest BCUT2D eigenvalue weighted by atomic mass is 10.1. The molecule has 2 rings (SSSR count). The average molecular weight is 272 g/mol. The molecule has 0 unspecified atom stereocenters. The summed E-state index contributed by atoms with van der Waals surface area (Å²) in [7, 11) is 0. The molecule has 0 aliphatic heterocycles. The molecule has 2 aromatic carbocycles. The van der Waals surface area contributed by atoms with Gasteiger partial charge in [-0.25, -0.2) is 9.78 Å². The molecule has 0 radical (unpaired) electrons. The van der Waals surface area contributed by atoms with Gasteiger partial charge in [0.15, 0.2) is 0 Å². The van der Waals surface area contributed by atoms with Crippen molar-refractivity contribution in [2.24, 2.45) is 0 Å². The van der Waals surface area contributed by atoms with E-state index in [1.165, 1.54) is 5.56 Å². The van der Waals surface area contributed by atoms with Crippen molar-refractivity contribution in [1.29, 1.82) is 0 Å². The zero-order valence-corrected chi connectivity index (χ0v) is 12.1. The number of aromatic hydroxyl groups is 1. The SMILES string of the molecule is Cc1ccc(COOCc2cc(C)c(O)c(C)c2)cc1. The lowest BCUT2D eigenvalue weighted by Gasteiger charge is -2.08. The monoisotopic (exact) mass is 272 g/mol. The van der Waals surface area contributed by atoms with Crippen LogP contribution >= 0.6 is 0 Å². The number of hydrogen-bond acceptors (Lipinski definition) is 3. The molecule has 3 nitrogen and oxygen atoms in total. The second kappa shape index (κ2) is 6.55. The van der Waals surface area contributed by atoms with Crippen LogP contribution in [0.4, 0.5) is 0 Å². The number of phenols is 1. The van der Waals surface area contributed by atoms with Gasteiger partial charge in [-0.3, -0.25) is 0 Å². The van der Waals surface area contributed by atoms with Gasteiger partial charge in [0.2, 0.25) is 0 Å². The van der Waals surface area contributed by atoms with Crippen molar-refractivity contribution in [1.82, 2.24) is 0 Å². The predicted octanol–water partition coefficient (Wildman–Crippen LogP) is 3.97. The summed E-state index contributed by atoms with van der Waals surface area (Å²) in [5, 5.41) is 9.70. The first-order valence-corrected chi connectivity index (χ1v) is 6.65. The van der Waals surface area contributed by atoms with Crippen LogP contribution in [0.2, 0.25) is 0 Å². The third-order valence-corrected chi connectivity index (χ3v) is 3.21. The lowest BCUT2D eigenvalue weighted by molar-refractivity contribution is -0.313. The van der Waals surface area contributed by atoms with Crippen molar-refractivity contribution in [3.63, 3.8) is 0 Å². The summed E-state index contributed by atoms with van der Waals surface area (Å²) in [5.74, 6) is 0.342. The number of benzene rings is 2. The Balaban J connectivity index is 1.83. The van der Waals surface area contributed by atoms with Crippen molar-refractivity contribution < 1.29 is 14.9 Å². The van der Waals surface area contributed by atoms with Crippen molar-refractivity contribution in [2.45, 2.75) is 34.0 Å². The molecule has 2 aromatic rings. The molecule has 0 amide bonds. The molecule has 20 heavy (non-hydrogen) atoms. The largest absolute Gasteiger partial charge is 0.507 e. The van der Waals surface area contributed by atoms with E-state index in [0.29, 0.717) is 19.0 Å². The summed E-state index contributed by atoms with van der Waals surface area (Å²) in [6, 6.07) is 11.9. The first-order chi connectivity index (χ1) is 9.56. The average Bonchev–Trinajstić information content (AvgIpc) is 2.43. The van der Waals surface area contributed by atoms with Gasteiger partial charge in [0, 0.05) is 0 Å². The Kier molecular flexibility index (Phi) is 4.77. The molecule has 0 fully saturated rings. The van der Waals surface area contributed by atoms with Crippen LogP contribution in [-0.2, 0) is 23.0 Å². The number of phenolic OH excluding ortho intramolecular Hbond substituents is 1. The normalized spacial score (nSPS) is 10.8. The highest BCUT2D eigenvalue weighted by Gasteiger charge is 2.04. The molecule has 3 heteroatoms. The smallest absolute Gasteiger partial charge is 0.121 e. The van der Waals surface area contributed by atoms with Crippen molar-refractivity contribution in [3.05, 3.63) is 64.2 Å². The van der Waals surface area contributed by atoms with Crippen LogP contribution in [0.15, 0.2) is 36.4 Å². The third kappa shape index (κ3) is 3.83. The molecule has 0 aliphatic carbocycles. The first-order valence-electron chi connectivity index (χ1n) is 6.65. The first kappa shape index (κ1) is 14.6. The number of rotatable bonds is 5. The molecule has 0 saturated heterocycles. The van der Waals surface area contributed by atoms with Gasteiger partial charge < -0.3 is 5.11 Å². The summed E-state index contributed by atoms with van der Waals surface area (Å²) >= 11 is 0. The Morgan fingerprint density at radius 1 is 0.800 bits per heavy atom. The Morgan fingerprint density at radius 3 is 1.85 bits per heavy atom. The Hall–Kier alpha value is -1.84. The molecule has 0 aromatic heterocycles. The second-order valence-electron chi connectivity index (χ2n) is 5.09. The minimum absolute atomic E-state index is 0.342. The number of aryl methyl sites for hydroxylation is 3. The van der Waals surface area contributed by atoms with Crippen LogP contribution in [0.5, 0.6) is 5.75 Å². The van der Waals surface area contributed by atoms with E-state index in [0.717, 1.165) is 22.3 Å². The van der Waals surface area contributed by atoms with Gasteiger partial charge in [-0.1, -0.05) is 29.8 Å². The maximum absolute atomic E-state index is 9.70. The third-order valence-electron chi connectivity index (χ3n) is 3.21. The highest BCUT2D eigenvalue weighted by atomic mass is 17.2. The standard InChI is InChI=1S/C17H20O3/c1-12-4-6-15(7-5-12)10-19-20-11-16-8-13(2)17(18)14(3)9-16/h4-9,18H,10-11H2,1-3H3. The van der Waals surface area contributed by atoms with E-state index < -0.39 is 0 Å². The van der Waals surface area contributed by atoms with Gasteiger partial charge >= 0.3 is 0 Å². The zero-order valence-electron chi connectivity index (χ0n) is 12.1. The maximum Gasteiger partial charge on any atom is 0.121 e. The van der Waals surface area contributed by atoms with Crippen molar-refractivity contribution in [2.75, 3.05) is 0 Å². The van der Waals surface area contributed by atoms with E-state index in [9.17, 15) is 5.11 Å². The number of hydrogen-bond donors (Lipinski definition) is 1. The topological polar surface area (TPSA) is 38.7 Å². The molecule has 0 saturated carbocycles. The van der Waals surface area contributed by atoms with E-state index in [2.05, 4.69) is 6.92 Å². The predicted molar refractivity (Wildman–Crippen MR) is 78.3 cm³/mol. The van der Waals surface area contributed by atoms with E-state index in [1.54, 1.807) is 0 Å². The van der Waals surface area contributed by atoms with Crippen LogP contribution in [0, 0.1) is 20.8 Å². The summed E-state index contributed by atoms with van der Waals surface area (Å²) in [5.41, 5.74) is 4.99. The highest BCUT2D eigenvalue weighted by Crippen LogP contribution is 2.23. The molecule has 106 valence electrons. The summed E-state index contributed by atoms with van der Waals surface area (Å²) in [6.45, 7) is 6.60. The van der Waals surface area contributed by atoms with Gasteiger partial charge in [0.05, 0.1) is 0 Å². The van der Waals surface area contributed by atoms with Crippen LogP contribution in [0.3, 0.4) is 0 Å². The van der Waals surface area contributed by atoms with Crippen molar-refractivity contribution in [3.8, 4) is 5.75 Å². The lowest BCUT2D eigenvalue weighted by Crippen LogP contribution is -1.97. The second-order valence-corrected chi connectivity index (χ2v) is 5.09. The van der Waals surface area contributed by atoms with E-state index >= 15 is 0 Å². The fraction of sp³-hybridized carbons (Fsp3) is 0.294. The molecule has 0 heterocycles. The Bertz CT molecular complexity index is 550. The van der Waals surface area contributed by atoms with Gasteiger partial charge in [-0.2, -0.15) is 0 Å². The quantitative estimate of drug-likeness (QED) is 0.508. The van der Waals surface area contributed by atoms with Gasteiger partial charge in [-0.05, 0) is 55.2 Å². The Morgan fingerprint density at radius 2 is 1.30 bits per heavy atom. The maximum atomic E-state index is 9.70. The van der Waals surface area contributed by atoms with Gasteiger partial charge in [-0.15, -0.1) is 0 Å². The highest BCUT2D eigenvalue weighted by molar-refractivity contribution is 5.41. The molecule has 1 N–H and O–H groups in total. The zero-order chi connectivity index (χ0) is 14.5. The summed E-state index contributed by atoms with van der Waals surface area (Å²) in [6.07, 6.45) is 0. The fourth-order valence-electron chi connectivity index (χ4n) is 2.03. The van der Waals surface area contributed by atoms with Crippen LogP contribution in [0.1, 0.15) is 27.8 Å². The molecular weight excluding hydrogens is 252 g/mol. The Labute approximate surface area is 119 Å². The summed E-state index contributed by atoms with van der Waals surface area (Å²) < 4.78 is 0. The molecule has 0 aliphatic rings. The minimum atomic E-state index is 0.342. The van der Waals surface area contributed by atoms with E-state index in [1.807, 2.05) is 50.2 Å². The fourth-order valence-corrected chi connectivity index (χ4v) is 2.03. The van der Waals surface area contributed by atoms with E-state index in [-0.39, 0.29) is 0 Å². The van der Waals surface area contributed by atoms with Gasteiger partial charge in [0.25, 0.3) is 0 Å². The van der Waals surface area contributed by atoms with Crippen LogP contribution in [0.25, 0.3) is 0 Å². The molecule has 0 spiro atoms.